The first-order valence-electron chi connectivity index (χ1n) is 6.68. The molecule has 0 aliphatic carbocycles. The van der Waals surface area contributed by atoms with Crippen molar-refractivity contribution in [3.63, 3.8) is 0 Å². The molecule has 0 spiro atoms. The number of carbonyl (C=O) groups excluding carboxylic acids is 1. The van der Waals surface area contributed by atoms with E-state index in [1.165, 1.54) is 6.08 Å². The molecule has 1 aromatic heterocycles. The van der Waals surface area contributed by atoms with Gasteiger partial charge in [0.15, 0.2) is 11.5 Å². The Balaban J connectivity index is 1.91. The Labute approximate surface area is 140 Å². The van der Waals surface area contributed by atoms with Gasteiger partial charge in [-0.1, -0.05) is 18.5 Å². The van der Waals surface area contributed by atoms with E-state index in [1.54, 1.807) is 12.1 Å². The number of aliphatic carboxylic acids is 1. The minimum absolute atomic E-state index is 0.0626. The zero-order valence-corrected chi connectivity index (χ0v) is 13.5. The number of carbonyl (C=O) groups is 1. The molecule has 120 valence electrons. The maximum atomic E-state index is 11.4. The molecule has 0 radical (unpaired) electrons. The first-order chi connectivity index (χ1) is 11.1. The Morgan fingerprint density at radius 3 is 2.87 bits per heavy atom. The molecule has 2 aromatic rings. The average Bonchev–Trinajstić information content (AvgIpc) is 3.15. The van der Waals surface area contributed by atoms with Gasteiger partial charge in [0.2, 0.25) is 11.9 Å². The number of fused-ring (bicyclic) bond motifs is 1. The fourth-order valence-electron chi connectivity index (χ4n) is 1.89. The Hall–Kier alpha value is -2.19. The second-order valence-electron chi connectivity index (χ2n) is 4.54. The number of rotatable bonds is 5. The van der Waals surface area contributed by atoms with Crippen molar-refractivity contribution in [2.45, 2.75) is 18.5 Å². The summed E-state index contributed by atoms with van der Waals surface area (Å²) in [5, 5.41) is 18.7. The van der Waals surface area contributed by atoms with Crippen molar-refractivity contribution in [1.29, 1.82) is 0 Å². The number of hydrogen-bond donors (Lipinski definition) is 1. The molecule has 1 N–H and O–H groups in total. The number of carboxylic acid groups (broad SMARTS) is 1. The predicted octanol–water partition coefficient (Wildman–Crippen LogP) is 1.63. The second-order valence-corrected chi connectivity index (χ2v) is 5.96. The number of carboxylic acids is 1. The summed E-state index contributed by atoms with van der Waals surface area (Å²) in [6.45, 7) is 2.02. The van der Waals surface area contributed by atoms with Crippen molar-refractivity contribution < 1.29 is 19.4 Å². The second kappa shape index (κ2) is 6.51. The SMILES string of the molecule is CCc1nc(S/C(=C\c2cc3c(cc2Cl)OCO3)C(=O)[O-])n[nH]1. The summed E-state index contributed by atoms with van der Waals surface area (Å²) < 4.78 is 10.5. The van der Waals surface area contributed by atoms with Crippen LogP contribution in [0.2, 0.25) is 5.02 Å². The molecule has 1 aliphatic rings. The van der Waals surface area contributed by atoms with E-state index in [4.69, 9.17) is 21.1 Å². The van der Waals surface area contributed by atoms with Crippen LogP contribution < -0.4 is 14.6 Å². The lowest BCUT2D eigenvalue weighted by Crippen LogP contribution is -2.23. The van der Waals surface area contributed by atoms with Crippen LogP contribution in [0.4, 0.5) is 0 Å². The molecule has 0 atom stereocenters. The summed E-state index contributed by atoms with van der Waals surface area (Å²) in [5.41, 5.74) is 0.480. The molecule has 0 amide bonds. The highest BCUT2D eigenvalue weighted by Gasteiger charge is 2.17. The molecule has 0 unspecified atom stereocenters. The molecular formula is C14H11ClN3O4S-. The van der Waals surface area contributed by atoms with E-state index < -0.39 is 5.97 Å². The van der Waals surface area contributed by atoms with E-state index in [9.17, 15) is 9.90 Å². The fraction of sp³-hybridized carbons (Fsp3) is 0.214. The lowest BCUT2D eigenvalue weighted by Gasteiger charge is -2.07. The van der Waals surface area contributed by atoms with E-state index >= 15 is 0 Å². The number of nitrogens with zero attached hydrogens (tertiary/aromatic N) is 2. The molecule has 0 saturated heterocycles. The summed E-state index contributed by atoms with van der Waals surface area (Å²) in [6.07, 6.45) is 2.07. The van der Waals surface area contributed by atoms with E-state index in [2.05, 4.69) is 15.2 Å². The third kappa shape index (κ3) is 3.43. The highest BCUT2D eigenvalue weighted by atomic mass is 35.5. The molecule has 1 aliphatic heterocycles. The van der Waals surface area contributed by atoms with Gasteiger partial charge < -0.3 is 19.4 Å². The molecule has 2 heterocycles. The van der Waals surface area contributed by atoms with Gasteiger partial charge in [-0.25, -0.2) is 4.98 Å². The van der Waals surface area contributed by atoms with Crippen LogP contribution in [0.5, 0.6) is 11.5 Å². The Bertz CT molecular complexity index is 790. The quantitative estimate of drug-likeness (QED) is 0.644. The minimum Gasteiger partial charge on any atom is -0.544 e. The molecule has 3 rings (SSSR count). The van der Waals surface area contributed by atoms with Crippen LogP contribution in [0, 0.1) is 0 Å². The van der Waals surface area contributed by atoms with Gasteiger partial charge in [0.25, 0.3) is 0 Å². The predicted molar refractivity (Wildman–Crippen MR) is 82.2 cm³/mol. The number of H-pyrrole nitrogens is 1. The van der Waals surface area contributed by atoms with Crippen LogP contribution in [0.15, 0.2) is 22.2 Å². The lowest BCUT2D eigenvalue weighted by atomic mass is 10.2. The normalized spacial score (nSPS) is 13.4. The summed E-state index contributed by atoms with van der Waals surface area (Å²) in [5.74, 6) is 0.365. The zero-order valence-electron chi connectivity index (χ0n) is 12.0. The smallest absolute Gasteiger partial charge is 0.231 e. The average molecular weight is 353 g/mol. The molecule has 1 aromatic carbocycles. The first-order valence-corrected chi connectivity index (χ1v) is 7.87. The molecule has 23 heavy (non-hydrogen) atoms. The number of aromatic nitrogens is 3. The molecular weight excluding hydrogens is 342 g/mol. The minimum atomic E-state index is -1.34. The van der Waals surface area contributed by atoms with E-state index in [0.29, 0.717) is 39.5 Å². The van der Waals surface area contributed by atoms with Crippen LogP contribution in [-0.4, -0.2) is 27.9 Å². The fourth-order valence-corrected chi connectivity index (χ4v) is 2.82. The third-order valence-electron chi connectivity index (χ3n) is 3.03. The number of aromatic amines is 1. The summed E-state index contributed by atoms with van der Waals surface area (Å²) in [4.78, 5) is 15.5. The highest BCUT2D eigenvalue weighted by Crippen LogP contribution is 2.38. The van der Waals surface area contributed by atoms with Gasteiger partial charge in [-0.05, 0) is 29.5 Å². The lowest BCUT2D eigenvalue weighted by molar-refractivity contribution is -0.297. The van der Waals surface area contributed by atoms with Gasteiger partial charge in [0.05, 0.1) is 11.0 Å². The topological polar surface area (TPSA) is 100 Å². The third-order valence-corrected chi connectivity index (χ3v) is 4.22. The molecule has 7 nitrogen and oxygen atoms in total. The van der Waals surface area contributed by atoms with Crippen LogP contribution in [0.3, 0.4) is 0 Å². The summed E-state index contributed by atoms with van der Waals surface area (Å²) in [6, 6.07) is 3.19. The van der Waals surface area contributed by atoms with Crippen LogP contribution in [0.1, 0.15) is 18.3 Å². The first kappa shape index (κ1) is 15.7. The number of benzene rings is 1. The van der Waals surface area contributed by atoms with Crippen molar-refractivity contribution in [3.05, 3.63) is 33.4 Å². The molecule has 9 heteroatoms. The van der Waals surface area contributed by atoms with Gasteiger partial charge in [-0.2, -0.15) is 0 Å². The monoisotopic (exact) mass is 352 g/mol. The molecule has 0 saturated carbocycles. The summed E-state index contributed by atoms with van der Waals surface area (Å²) in [7, 11) is 0. The van der Waals surface area contributed by atoms with Crippen molar-refractivity contribution >= 4 is 35.4 Å². The van der Waals surface area contributed by atoms with E-state index in [-0.39, 0.29) is 11.7 Å². The Kier molecular flexibility index (Phi) is 4.44. The van der Waals surface area contributed by atoms with E-state index in [0.717, 1.165) is 11.8 Å². The zero-order chi connectivity index (χ0) is 16.4. The van der Waals surface area contributed by atoms with Crippen LogP contribution >= 0.6 is 23.4 Å². The molecule has 0 bridgehead atoms. The maximum Gasteiger partial charge on any atom is 0.231 e. The standard InChI is InChI=1S/C14H12ClN3O4S/c1-2-12-16-14(18-17-12)23-11(13(19)20)4-7-3-9-10(5-8(7)15)22-6-21-9/h3-5H,2,6H2,1H3,(H,19,20)(H,16,17,18)/p-1/b11-4-. The molecule has 0 fully saturated rings. The van der Waals surface area contributed by atoms with Crippen molar-refractivity contribution in [3.8, 4) is 11.5 Å². The van der Waals surface area contributed by atoms with Crippen molar-refractivity contribution in [2.24, 2.45) is 0 Å². The van der Waals surface area contributed by atoms with Crippen molar-refractivity contribution in [2.75, 3.05) is 6.79 Å². The number of thioether (sulfide) groups is 1. The number of halogens is 1. The van der Waals surface area contributed by atoms with Crippen LogP contribution in [-0.2, 0) is 11.2 Å². The van der Waals surface area contributed by atoms with Crippen LogP contribution in [0.25, 0.3) is 6.08 Å². The maximum absolute atomic E-state index is 11.4. The van der Waals surface area contributed by atoms with Gasteiger partial charge >= 0.3 is 0 Å². The number of nitrogens with one attached hydrogen (secondary N) is 1. The Morgan fingerprint density at radius 2 is 2.22 bits per heavy atom. The number of ether oxygens (including phenoxy) is 2. The van der Waals surface area contributed by atoms with Crippen molar-refractivity contribution in [1.82, 2.24) is 15.2 Å². The largest absolute Gasteiger partial charge is 0.544 e. The van der Waals surface area contributed by atoms with Gasteiger partial charge in [0.1, 0.15) is 5.82 Å². The summed E-state index contributed by atoms with van der Waals surface area (Å²) >= 11 is 7.03. The van der Waals surface area contributed by atoms with E-state index in [1.807, 2.05) is 6.92 Å². The van der Waals surface area contributed by atoms with Gasteiger partial charge in [-0.15, -0.1) is 5.10 Å². The highest BCUT2D eigenvalue weighted by molar-refractivity contribution is 8.04. The number of hydrogen-bond acceptors (Lipinski definition) is 7. The Morgan fingerprint density at radius 1 is 1.48 bits per heavy atom. The van der Waals surface area contributed by atoms with Gasteiger partial charge in [-0.3, -0.25) is 5.10 Å². The van der Waals surface area contributed by atoms with Gasteiger partial charge in [0, 0.05) is 17.4 Å². The number of aryl methyl sites for hydroxylation is 1.